The smallest absolute Gasteiger partial charge is 0.311 e. The van der Waals surface area contributed by atoms with Gasteiger partial charge in [-0.15, -0.1) is 0 Å². The summed E-state index contributed by atoms with van der Waals surface area (Å²) in [5, 5.41) is 11.1. The molecule has 0 saturated carbocycles. The molecule has 2 rings (SSSR count). The number of amides is 2. The highest BCUT2D eigenvalue weighted by atomic mass is 32.1. The number of rotatable bonds is 3. The van der Waals surface area contributed by atoms with E-state index in [1.807, 2.05) is 0 Å². The standard InChI is InChI=1S/C14H13N3O5S/c1-15-12(18)9(13(19)16(2)14(15)23)7-8-5-4-6-10(17(20)21)11(8)22-3/h4-7H,1-3H3. The zero-order valence-corrected chi connectivity index (χ0v) is 13.4. The van der Waals surface area contributed by atoms with Gasteiger partial charge in [0.1, 0.15) is 5.57 Å². The zero-order chi connectivity index (χ0) is 17.3. The van der Waals surface area contributed by atoms with Gasteiger partial charge in [0.2, 0.25) is 5.75 Å². The van der Waals surface area contributed by atoms with Crippen LogP contribution in [0.2, 0.25) is 0 Å². The Morgan fingerprint density at radius 1 is 1.22 bits per heavy atom. The number of hydrogen-bond donors (Lipinski definition) is 0. The van der Waals surface area contributed by atoms with Crippen LogP contribution >= 0.6 is 12.2 Å². The van der Waals surface area contributed by atoms with Crippen LogP contribution in [0.4, 0.5) is 5.69 Å². The lowest BCUT2D eigenvalue weighted by Gasteiger charge is -2.31. The molecule has 0 aromatic heterocycles. The van der Waals surface area contributed by atoms with Crippen molar-refractivity contribution in [1.29, 1.82) is 0 Å². The van der Waals surface area contributed by atoms with Crippen molar-refractivity contribution in [3.8, 4) is 5.75 Å². The van der Waals surface area contributed by atoms with E-state index < -0.39 is 16.7 Å². The fraction of sp³-hybridized carbons (Fsp3) is 0.214. The van der Waals surface area contributed by atoms with E-state index in [2.05, 4.69) is 0 Å². The maximum absolute atomic E-state index is 12.3. The van der Waals surface area contributed by atoms with Gasteiger partial charge in [0.15, 0.2) is 5.11 Å². The lowest BCUT2D eigenvalue weighted by molar-refractivity contribution is -0.385. The highest BCUT2D eigenvalue weighted by Gasteiger charge is 2.35. The number of nitrogens with zero attached hydrogens (tertiary/aromatic N) is 3. The summed E-state index contributed by atoms with van der Waals surface area (Å²) in [6.07, 6.45) is 1.27. The Balaban J connectivity index is 2.59. The van der Waals surface area contributed by atoms with Crippen molar-refractivity contribution in [2.45, 2.75) is 0 Å². The van der Waals surface area contributed by atoms with Gasteiger partial charge in [0.25, 0.3) is 11.8 Å². The second-order valence-electron chi connectivity index (χ2n) is 4.73. The van der Waals surface area contributed by atoms with Crippen molar-refractivity contribution in [3.63, 3.8) is 0 Å². The Bertz CT molecular complexity index is 733. The second kappa shape index (κ2) is 6.13. The third kappa shape index (κ3) is 2.78. The molecule has 1 aromatic rings. The molecule has 1 aliphatic heterocycles. The SMILES string of the molecule is COc1c(C=C2C(=O)N(C)C(=S)N(C)C2=O)cccc1[N+](=O)[O-]. The number of para-hydroxylation sites is 1. The van der Waals surface area contributed by atoms with Crippen LogP contribution in [0.5, 0.6) is 5.75 Å². The van der Waals surface area contributed by atoms with Crippen LogP contribution < -0.4 is 4.74 Å². The van der Waals surface area contributed by atoms with Crippen molar-refractivity contribution in [3.05, 3.63) is 39.4 Å². The minimum atomic E-state index is -0.598. The molecule has 1 aromatic carbocycles. The van der Waals surface area contributed by atoms with Crippen LogP contribution in [0.15, 0.2) is 23.8 Å². The first-order valence-electron chi connectivity index (χ1n) is 6.42. The lowest BCUT2D eigenvalue weighted by Crippen LogP contribution is -2.52. The average molecular weight is 335 g/mol. The molecule has 1 saturated heterocycles. The van der Waals surface area contributed by atoms with Gasteiger partial charge >= 0.3 is 5.69 Å². The van der Waals surface area contributed by atoms with Crippen LogP contribution in [-0.4, -0.2) is 52.9 Å². The highest BCUT2D eigenvalue weighted by Crippen LogP contribution is 2.32. The minimum Gasteiger partial charge on any atom is -0.490 e. The summed E-state index contributed by atoms with van der Waals surface area (Å²) in [4.78, 5) is 37.3. The van der Waals surface area contributed by atoms with Gasteiger partial charge in [-0.05, 0) is 18.3 Å². The van der Waals surface area contributed by atoms with Gasteiger partial charge in [-0.25, -0.2) is 0 Å². The molecule has 0 radical (unpaired) electrons. The first-order valence-corrected chi connectivity index (χ1v) is 6.83. The van der Waals surface area contributed by atoms with Gasteiger partial charge in [-0.3, -0.25) is 29.5 Å². The van der Waals surface area contributed by atoms with E-state index in [-0.39, 0.29) is 27.7 Å². The summed E-state index contributed by atoms with van der Waals surface area (Å²) in [6, 6.07) is 4.24. The topological polar surface area (TPSA) is 93.0 Å². The van der Waals surface area contributed by atoms with Crippen LogP contribution in [0.1, 0.15) is 5.56 Å². The maximum atomic E-state index is 12.3. The summed E-state index contributed by atoms with van der Waals surface area (Å²) in [5.41, 5.74) is -0.148. The number of likely N-dealkylation sites (N-methyl/N-ethyl adjacent to an activating group) is 2. The molecule has 2 amide bonds. The normalized spacial score (nSPS) is 15.1. The van der Waals surface area contributed by atoms with Crippen LogP contribution in [0, 0.1) is 10.1 Å². The number of carbonyl (C=O) groups is 2. The third-order valence-electron chi connectivity index (χ3n) is 3.37. The molecule has 0 atom stereocenters. The van der Waals surface area contributed by atoms with Crippen molar-refractivity contribution < 1.29 is 19.2 Å². The second-order valence-corrected chi connectivity index (χ2v) is 5.09. The highest BCUT2D eigenvalue weighted by molar-refractivity contribution is 7.80. The molecule has 0 N–H and O–H groups in total. The van der Waals surface area contributed by atoms with Gasteiger partial charge < -0.3 is 4.74 Å². The molecule has 23 heavy (non-hydrogen) atoms. The number of methoxy groups -OCH3 is 1. The zero-order valence-electron chi connectivity index (χ0n) is 12.6. The summed E-state index contributed by atoms with van der Waals surface area (Å²) >= 11 is 5.00. The number of nitro benzene ring substituents is 1. The Kier molecular flexibility index (Phi) is 4.41. The predicted octanol–water partition coefficient (Wildman–Crippen LogP) is 1.20. The Morgan fingerprint density at radius 3 is 2.26 bits per heavy atom. The average Bonchev–Trinajstić information content (AvgIpc) is 2.54. The van der Waals surface area contributed by atoms with E-state index in [1.54, 1.807) is 0 Å². The molecule has 0 spiro atoms. The Hall–Kier alpha value is -2.81. The molecule has 0 aliphatic carbocycles. The molecule has 1 fully saturated rings. The van der Waals surface area contributed by atoms with Gasteiger partial charge in [0.05, 0.1) is 12.0 Å². The monoisotopic (exact) mass is 335 g/mol. The summed E-state index contributed by atoms with van der Waals surface area (Å²) in [7, 11) is 4.18. The van der Waals surface area contributed by atoms with Gasteiger partial charge in [-0.2, -0.15) is 0 Å². The largest absolute Gasteiger partial charge is 0.490 e. The van der Waals surface area contributed by atoms with E-state index in [0.717, 1.165) is 9.80 Å². The Morgan fingerprint density at radius 2 is 1.78 bits per heavy atom. The van der Waals surface area contributed by atoms with E-state index in [1.165, 1.54) is 45.5 Å². The van der Waals surface area contributed by atoms with Crippen LogP contribution in [0.25, 0.3) is 6.08 Å². The van der Waals surface area contributed by atoms with E-state index in [4.69, 9.17) is 17.0 Å². The number of hydrogen-bond acceptors (Lipinski definition) is 6. The number of thiocarbonyl (C=S) groups is 1. The summed E-state index contributed by atoms with van der Waals surface area (Å²) in [6.45, 7) is 0. The first-order chi connectivity index (χ1) is 10.8. The summed E-state index contributed by atoms with van der Waals surface area (Å²) < 4.78 is 5.06. The van der Waals surface area contributed by atoms with E-state index in [0.29, 0.717) is 0 Å². The maximum Gasteiger partial charge on any atom is 0.311 e. The molecule has 8 nitrogen and oxygen atoms in total. The molecular weight excluding hydrogens is 322 g/mol. The predicted molar refractivity (Wildman–Crippen MR) is 85.8 cm³/mol. The van der Waals surface area contributed by atoms with Crippen LogP contribution in [-0.2, 0) is 9.59 Å². The number of nitro groups is 1. The minimum absolute atomic E-state index is 0.0240. The first kappa shape index (κ1) is 16.6. The number of ether oxygens (including phenoxy) is 1. The van der Waals surface area contributed by atoms with Crippen molar-refractivity contribution in [1.82, 2.24) is 9.80 Å². The van der Waals surface area contributed by atoms with Crippen LogP contribution in [0.3, 0.4) is 0 Å². The molecule has 1 heterocycles. The van der Waals surface area contributed by atoms with Crippen molar-refractivity contribution in [2.75, 3.05) is 21.2 Å². The quantitative estimate of drug-likeness (QED) is 0.271. The van der Waals surface area contributed by atoms with Gasteiger partial charge in [0, 0.05) is 25.7 Å². The molecule has 1 aliphatic rings. The molecule has 0 unspecified atom stereocenters. The van der Waals surface area contributed by atoms with E-state index in [9.17, 15) is 19.7 Å². The summed E-state index contributed by atoms with van der Waals surface area (Å²) in [5.74, 6) is -1.18. The number of carbonyl (C=O) groups excluding carboxylic acids is 2. The lowest BCUT2D eigenvalue weighted by atomic mass is 10.1. The molecule has 9 heteroatoms. The van der Waals surface area contributed by atoms with Crippen molar-refractivity contribution in [2.24, 2.45) is 0 Å². The van der Waals surface area contributed by atoms with E-state index >= 15 is 0 Å². The number of benzene rings is 1. The third-order valence-corrected chi connectivity index (χ3v) is 3.92. The van der Waals surface area contributed by atoms with Gasteiger partial charge in [-0.1, -0.05) is 12.1 Å². The fourth-order valence-corrected chi connectivity index (χ4v) is 2.32. The molecule has 120 valence electrons. The fourth-order valence-electron chi connectivity index (χ4n) is 2.15. The Labute approximate surface area is 137 Å². The molecular formula is C14H13N3O5S. The molecule has 0 bridgehead atoms. The van der Waals surface area contributed by atoms with Crippen molar-refractivity contribution >= 4 is 40.9 Å².